The minimum absolute atomic E-state index is 0.0887. The number of aryl methyl sites for hydroxylation is 2. The molecule has 74 valence electrons. The highest BCUT2D eigenvalue weighted by molar-refractivity contribution is 5.76. The van der Waals surface area contributed by atoms with E-state index in [2.05, 4.69) is 30.2 Å². The van der Waals surface area contributed by atoms with Crippen LogP contribution in [0.3, 0.4) is 0 Å². The zero-order valence-electron chi connectivity index (χ0n) is 8.36. The van der Waals surface area contributed by atoms with E-state index in [0.29, 0.717) is 6.54 Å². The van der Waals surface area contributed by atoms with E-state index in [0.717, 1.165) is 11.0 Å². The molecule has 0 aliphatic carbocycles. The molecule has 1 N–H and O–H groups in total. The van der Waals surface area contributed by atoms with Gasteiger partial charge < -0.3 is 5.11 Å². The van der Waals surface area contributed by atoms with Gasteiger partial charge in [0, 0.05) is 0 Å². The van der Waals surface area contributed by atoms with Gasteiger partial charge >= 0.3 is 0 Å². The molecule has 0 spiro atoms. The standard InChI is InChI=1S/C10H13N3O/c1-7-5-9-10(6-8(7)2)13(3-4-14)12-11-9/h5-6,14H,3-4H2,1-2H3. The Kier molecular flexibility index (Phi) is 2.21. The molecule has 0 bridgehead atoms. The van der Waals surface area contributed by atoms with Gasteiger partial charge in [-0.25, -0.2) is 4.68 Å². The third kappa shape index (κ3) is 1.37. The van der Waals surface area contributed by atoms with Crippen LogP contribution in [0.25, 0.3) is 11.0 Å². The lowest BCUT2D eigenvalue weighted by molar-refractivity contribution is 0.270. The number of aromatic nitrogens is 3. The Bertz CT molecular complexity index is 462. The van der Waals surface area contributed by atoms with Crippen molar-refractivity contribution in [3.05, 3.63) is 23.3 Å². The molecule has 1 aromatic carbocycles. The van der Waals surface area contributed by atoms with E-state index >= 15 is 0 Å². The van der Waals surface area contributed by atoms with Crippen LogP contribution in [0.2, 0.25) is 0 Å². The minimum Gasteiger partial charge on any atom is -0.394 e. The Balaban J connectivity index is 2.61. The number of hydrogen-bond donors (Lipinski definition) is 1. The Morgan fingerprint density at radius 1 is 1.29 bits per heavy atom. The Hall–Kier alpha value is -1.42. The first-order valence-corrected chi connectivity index (χ1v) is 4.63. The second-order valence-electron chi connectivity index (χ2n) is 3.46. The van der Waals surface area contributed by atoms with Crippen LogP contribution < -0.4 is 0 Å². The molecule has 14 heavy (non-hydrogen) atoms. The third-order valence-corrected chi connectivity index (χ3v) is 2.44. The van der Waals surface area contributed by atoms with E-state index in [1.807, 2.05) is 6.07 Å². The molecule has 0 atom stereocenters. The summed E-state index contributed by atoms with van der Waals surface area (Å²) in [6, 6.07) is 4.08. The van der Waals surface area contributed by atoms with Crippen molar-refractivity contribution < 1.29 is 5.11 Å². The fourth-order valence-electron chi connectivity index (χ4n) is 1.48. The van der Waals surface area contributed by atoms with Crippen molar-refractivity contribution in [1.29, 1.82) is 0 Å². The van der Waals surface area contributed by atoms with Gasteiger partial charge in [-0.2, -0.15) is 0 Å². The first-order chi connectivity index (χ1) is 6.72. The molecule has 1 aromatic heterocycles. The molecule has 2 rings (SSSR count). The summed E-state index contributed by atoms with van der Waals surface area (Å²) in [5.74, 6) is 0. The molecule has 1 heterocycles. The second-order valence-corrected chi connectivity index (χ2v) is 3.46. The highest BCUT2D eigenvalue weighted by atomic mass is 16.3. The van der Waals surface area contributed by atoms with E-state index in [1.54, 1.807) is 4.68 Å². The SMILES string of the molecule is Cc1cc2nnn(CCO)c2cc1C. The number of aliphatic hydroxyl groups is 1. The fourth-order valence-corrected chi connectivity index (χ4v) is 1.48. The smallest absolute Gasteiger partial charge is 0.113 e. The van der Waals surface area contributed by atoms with E-state index in [-0.39, 0.29) is 6.61 Å². The average Bonchev–Trinajstić information content (AvgIpc) is 2.51. The van der Waals surface area contributed by atoms with E-state index in [1.165, 1.54) is 11.1 Å². The summed E-state index contributed by atoms with van der Waals surface area (Å²) >= 11 is 0. The Morgan fingerprint density at radius 3 is 2.71 bits per heavy atom. The van der Waals surface area contributed by atoms with Crippen LogP contribution in [0.5, 0.6) is 0 Å². The van der Waals surface area contributed by atoms with Crippen LogP contribution in [0.1, 0.15) is 11.1 Å². The quantitative estimate of drug-likeness (QED) is 0.771. The van der Waals surface area contributed by atoms with Crippen molar-refractivity contribution in [2.24, 2.45) is 0 Å². The predicted molar refractivity (Wildman–Crippen MR) is 54.1 cm³/mol. The number of fused-ring (bicyclic) bond motifs is 1. The van der Waals surface area contributed by atoms with Gasteiger partial charge in [0.25, 0.3) is 0 Å². The first kappa shape index (κ1) is 9.15. The van der Waals surface area contributed by atoms with E-state index in [4.69, 9.17) is 5.11 Å². The Labute approximate surface area is 82.2 Å². The van der Waals surface area contributed by atoms with Crippen molar-refractivity contribution in [2.45, 2.75) is 20.4 Å². The fraction of sp³-hybridized carbons (Fsp3) is 0.400. The number of benzene rings is 1. The molecular weight excluding hydrogens is 178 g/mol. The molecule has 4 heteroatoms. The van der Waals surface area contributed by atoms with Crippen molar-refractivity contribution in [3.63, 3.8) is 0 Å². The van der Waals surface area contributed by atoms with Crippen molar-refractivity contribution in [3.8, 4) is 0 Å². The van der Waals surface area contributed by atoms with Gasteiger partial charge in [0.05, 0.1) is 18.7 Å². The highest BCUT2D eigenvalue weighted by Gasteiger charge is 2.05. The monoisotopic (exact) mass is 191 g/mol. The molecule has 0 amide bonds. The topological polar surface area (TPSA) is 50.9 Å². The zero-order chi connectivity index (χ0) is 10.1. The molecule has 0 unspecified atom stereocenters. The summed E-state index contributed by atoms with van der Waals surface area (Å²) < 4.78 is 1.72. The minimum atomic E-state index is 0.0887. The summed E-state index contributed by atoms with van der Waals surface area (Å²) in [7, 11) is 0. The maximum atomic E-state index is 8.83. The van der Waals surface area contributed by atoms with E-state index < -0.39 is 0 Å². The molecule has 0 aliphatic heterocycles. The molecule has 2 aromatic rings. The molecule has 0 radical (unpaired) electrons. The van der Waals surface area contributed by atoms with Gasteiger partial charge in [-0.1, -0.05) is 5.21 Å². The van der Waals surface area contributed by atoms with Crippen LogP contribution in [-0.4, -0.2) is 26.7 Å². The molecule has 0 fully saturated rings. The molecule has 4 nitrogen and oxygen atoms in total. The maximum absolute atomic E-state index is 8.83. The maximum Gasteiger partial charge on any atom is 0.113 e. The van der Waals surface area contributed by atoms with Crippen LogP contribution in [0, 0.1) is 13.8 Å². The van der Waals surface area contributed by atoms with Gasteiger partial charge in [0.2, 0.25) is 0 Å². The summed E-state index contributed by atoms with van der Waals surface area (Å²) in [5, 5.41) is 16.8. The van der Waals surface area contributed by atoms with Crippen LogP contribution in [-0.2, 0) is 6.54 Å². The Morgan fingerprint density at radius 2 is 2.00 bits per heavy atom. The third-order valence-electron chi connectivity index (χ3n) is 2.44. The van der Waals surface area contributed by atoms with Crippen LogP contribution in [0.4, 0.5) is 0 Å². The van der Waals surface area contributed by atoms with Gasteiger partial charge in [-0.15, -0.1) is 5.10 Å². The summed E-state index contributed by atoms with van der Waals surface area (Å²) in [5.41, 5.74) is 4.32. The lowest BCUT2D eigenvalue weighted by Gasteiger charge is -2.01. The lowest BCUT2D eigenvalue weighted by atomic mass is 10.1. The van der Waals surface area contributed by atoms with Gasteiger partial charge in [-0.05, 0) is 37.1 Å². The summed E-state index contributed by atoms with van der Waals surface area (Å²) in [6.07, 6.45) is 0. The number of rotatable bonds is 2. The number of aliphatic hydroxyl groups excluding tert-OH is 1. The number of nitrogens with zero attached hydrogens (tertiary/aromatic N) is 3. The summed E-state index contributed by atoms with van der Waals surface area (Å²) in [4.78, 5) is 0. The second kappa shape index (κ2) is 3.38. The first-order valence-electron chi connectivity index (χ1n) is 4.63. The zero-order valence-corrected chi connectivity index (χ0v) is 8.36. The van der Waals surface area contributed by atoms with Crippen LogP contribution >= 0.6 is 0 Å². The molecular formula is C10H13N3O. The number of hydrogen-bond acceptors (Lipinski definition) is 3. The van der Waals surface area contributed by atoms with Crippen molar-refractivity contribution >= 4 is 11.0 Å². The van der Waals surface area contributed by atoms with Gasteiger partial charge in [0.1, 0.15) is 5.52 Å². The highest BCUT2D eigenvalue weighted by Crippen LogP contribution is 2.16. The molecule has 0 aliphatic rings. The van der Waals surface area contributed by atoms with Crippen molar-refractivity contribution in [1.82, 2.24) is 15.0 Å². The average molecular weight is 191 g/mol. The van der Waals surface area contributed by atoms with Crippen molar-refractivity contribution in [2.75, 3.05) is 6.61 Å². The largest absolute Gasteiger partial charge is 0.394 e. The molecule has 0 saturated carbocycles. The lowest BCUT2D eigenvalue weighted by Crippen LogP contribution is -2.03. The van der Waals surface area contributed by atoms with Crippen LogP contribution in [0.15, 0.2) is 12.1 Å². The normalized spacial score (nSPS) is 11.1. The van der Waals surface area contributed by atoms with E-state index in [9.17, 15) is 0 Å². The summed E-state index contributed by atoms with van der Waals surface area (Å²) in [6.45, 7) is 4.70. The predicted octanol–water partition coefficient (Wildman–Crippen LogP) is 1.04. The molecule has 0 saturated heterocycles. The van der Waals surface area contributed by atoms with Gasteiger partial charge in [0.15, 0.2) is 0 Å². The van der Waals surface area contributed by atoms with Gasteiger partial charge in [-0.3, -0.25) is 0 Å².